The summed E-state index contributed by atoms with van der Waals surface area (Å²) in [5.74, 6) is 1.79. The molecule has 0 bridgehead atoms. The standard InChI is InChI=1S/C54H58BrP/c1-32(2)40-28-46(33(3)4)52(47(29-40)34(5)6)56(53-48(35(7)8)30-41(55)31-49(53)36(9)10)54-50(44-24-16-20-38-18-12-14-22-42(38)44)26-37(11)27-51(54)45-25-17-21-39-19-13-15-23-43(39)45/h12-36H,1-11H3. The van der Waals surface area contributed by atoms with Gasteiger partial charge in [-0.1, -0.05) is 194 Å². The molecule has 56 heavy (non-hydrogen) atoms. The Labute approximate surface area is 346 Å². The second kappa shape index (κ2) is 16.4. The van der Waals surface area contributed by atoms with Crippen molar-refractivity contribution in [1.29, 1.82) is 0 Å². The lowest BCUT2D eigenvalue weighted by Gasteiger charge is -2.36. The van der Waals surface area contributed by atoms with E-state index in [0.29, 0.717) is 29.6 Å². The van der Waals surface area contributed by atoms with Crippen molar-refractivity contribution in [2.75, 3.05) is 0 Å². The molecule has 0 saturated carbocycles. The normalized spacial score (nSPS) is 12.7. The number of aryl methyl sites for hydroxylation is 1. The molecule has 0 nitrogen and oxygen atoms in total. The summed E-state index contributed by atoms with van der Waals surface area (Å²) in [4.78, 5) is 0. The molecule has 0 aliphatic rings. The molecule has 0 N–H and O–H groups in total. The van der Waals surface area contributed by atoms with E-state index < -0.39 is 7.92 Å². The molecule has 0 spiro atoms. The average molecular weight is 818 g/mol. The van der Waals surface area contributed by atoms with Crippen LogP contribution in [-0.2, 0) is 0 Å². The molecular weight excluding hydrogens is 759 g/mol. The lowest BCUT2D eigenvalue weighted by molar-refractivity contribution is 0.813. The van der Waals surface area contributed by atoms with Gasteiger partial charge in [-0.25, -0.2) is 0 Å². The molecule has 0 aliphatic heterocycles. The van der Waals surface area contributed by atoms with Crippen LogP contribution in [0.1, 0.15) is 132 Å². The van der Waals surface area contributed by atoms with Crippen molar-refractivity contribution in [2.24, 2.45) is 0 Å². The summed E-state index contributed by atoms with van der Waals surface area (Å²) in [6.45, 7) is 26.2. The number of fused-ring (bicyclic) bond motifs is 2. The average Bonchev–Trinajstić information content (AvgIpc) is 3.17. The zero-order valence-corrected chi connectivity index (χ0v) is 37.7. The number of benzene rings is 7. The van der Waals surface area contributed by atoms with E-state index in [4.69, 9.17) is 0 Å². The zero-order valence-electron chi connectivity index (χ0n) is 35.3. The molecule has 1 atom stereocenters. The number of rotatable bonds is 10. The second-order valence-electron chi connectivity index (χ2n) is 17.4. The van der Waals surface area contributed by atoms with Crippen LogP contribution in [0.3, 0.4) is 0 Å². The fraction of sp³-hybridized carbons (Fsp3) is 0.296. The molecule has 0 heterocycles. The van der Waals surface area contributed by atoms with Crippen molar-refractivity contribution < 1.29 is 0 Å². The van der Waals surface area contributed by atoms with E-state index in [0.717, 1.165) is 0 Å². The molecule has 286 valence electrons. The fourth-order valence-corrected chi connectivity index (χ4v) is 13.0. The van der Waals surface area contributed by atoms with Crippen LogP contribution in [0.5, 0.6) is 0 Å². The Bertz CT molecular complexity index is 2380. The Kier molecular flexibility index (Phi) is 11.8. The van der Waals surface area contributed by atoms with Crippen LogP contribution in [0.15, 0.2) is 126 Å². The van der Waals surface area contributed by atoms with Gasteiger partial charge in [-0.05, 0) is 144 Å². The molecule has 0 amide bonds. The first-order valence-corrected chi connectivity index (χ1v) is 22.8. The highest BCUT2D eigenvalue weighted by molar-refractivity contribution is 9.10. The van der Waals surface area contributed by atoms with Gasteiger partial charge in [-0.3, -0.25) is 0 Å². The molecule has 2 heteroatoms. The van der Waals surface area contributed by atoms with Gasteiger partial charge in [0.25, 0.3) is 0 Å². The minimum Gasteiger partial charge on any atom is -0.0616 e. The highest BCUT2D eigenvalue weighted by Gasteiger charge is 2.35. The zero-order chi connectivity index (χ0) is 40.0. The van der Waals surface area contributed by atoms with E-state index in [1.807, 2.05) is 0 Å². The van der Waals surface area contributed by atoms with E-state index in [9.17, 15) is 0 Å². The molecule has 0 fully saturated rings. The highest BCUT2D eigenvalue weighted by atomic mass is 79.9. The summed E-state index contributed by atoms with van der Waals surface area (Å²) in [5, 5.41) is 9.68. The molecule has 0 saturated heterocycles. The molecule has 0 aromatic heterocycles. The second-order valence-corrected chi connectivity index (χ2v) is 20.3. The van der Waals surface area contributed by atoms with Crippen LogP contribution in [0.2, 0.25) is 0 Å². The van der Waals surface area contributed by atoms with Gasteiger partial charge < -0.3 is 0 Å². The summed E-state index contributed by atoms with van der Waals surface area (Å²) >= 11 is 4.02. The largest absolute Gasteiger partial charge is 0.0616 e. The third-order valence-electron chi connectivity index (χ3n) is 11.6. The molecule has 7 aromatic rings. The quantitative estimate of drug-likeness (QED) is 0.121. The van der Waals surface area contributed by atoms with Gasteiger partial charge in [0.15, 0.2) is 0 Å². The molecule has 7 aromatic carbocycles. The topological polar surface area (TPSA) is 0 Å². The van der Waals surface area contributed by atoms with Crippen molar-refractivity contribution in [1.82, 2.24) is 0 Å². The van der Waals surface area contributed by atoms with E-state index in [1.54, 1.807) is 5.30 Å². The predicted octanol–water partition coefficient (Wildman–Crippen LogP) is 15.8. The number of hydrogen-bond acceptors (Lipinski definition) is 0. The predicted molar refractivity (Wildman–Crippen MR) is 254 cm³/mol. The van der Waals surface area contributed by atoms with Crippen molar-refractivity contribution in [3.05, 3.63) is 159 Å². The maximum absolute atomic E-state index is 4.02. The van der Waals surface area contributed by atoms with Crippen LogP contribution in [0.25, 0.3) is 43.8 Å². The monoisotopic (exact) mass is 816 g/mol. The van der Waals surface area contributed by atoms with Gasteiger partial charge in [0.1, 0.15) is 0 Å². The van der Waals surface area contributed by atoms with Gasteiger partial charge in [-0.2, -0.15) is 0 Å². The Hall–Kier alpha value is -4.03. The first-order valence-electron chi connectivity index (χ1n) is 20.7. The smallest absolute Gasteiger partial charge is 0.0181 e. The lowest BCUT2D eigenvalue weighted by Crippen LogP contribution is -2.33. The molecular formula is C54H58BrP. The minimum atomic E-state index is -1.14. The van der Waals surface area contributed by atoms with Gasteiger partial charge in [0, 0.05) is 9.78 Å². The van der Waals surface area contributed by atoms with Crippen molar-refractivity contribution in [3.8, 4) is 22.3 Å². The Morgan fingerprint density at radius 3 is 1.16 bits per heavy atom. The Balaban J connectivity index is 1.81. The summed E-state index contributed by atoms with van der Waals surface area (Å²) in [6.07, 6.45) is 0. The first-order chi connectivity index (χ1) is 26.8. The number of hydrogen-bond donors (Lipinski definition) is 0. The fourth-order valence-electron chi connectivity index (χ4n) is 8.64. The van der Waals surface area contributed by atoms with Crippen molar-refractivity contribution in [2.45, 2.75) is 106 Å². The van der Waals surface area contributed by atoms with Gasteiger partial charge >= 0.3 is 0 Å². The number of halogens is 1. The molecule has 0 aliphatic carbocycles. The van der Waals surface area contributed by atoms with Crippen molar-refractivity contribution >= 4 is 61.3 Å². The van der Waals surface area contributed by atoms with Crippen LogP contribution in [-0.4, -0.2) is 0 Å². The first kappa shape index (κ1) is 40.2. The third-order valence-corrected chi connectivity index (χ3v) is 14.9. The molecule has 7 rings (SSSR count). The van der Waals surface area contributed by atoms with Crippen LogP contribution >= 0.6 is 23.9 Å². The summed E-state index contributed by atoms with van der Waals surface area (Å²) in [6, 6.07) is 46.8. The maximum Gasteiger partial charge on any atom is 0.0181 e. The lowest BCUT2D eigenvalue weighted by atomic mass is 9.89. The Morgan fingerprint density at radius 1 is 0.393 bits per heavy atom. The highest BCUT2D eigenvalue weighted by Crippen LogP contribution is 2.50. The summed E-state index contributed by atoms with van der Waals surface area (Å²) in [7, 11) is -1.14. The summed E-state index contributed by atoms with van der Waals surface area (Å²) < 4.78 is 1.17. The summed E-state index contributed by atoms with van der Waals surface area (Å²) in [5.41, 5.74) is 13.9. The van der Waals surface area contributed by atoms with Crippen LogP contribution < -0.4 is 15.9 Å². The maximum atomic E-state index is 4.02. The van der Waals surface area contributed by atoms with E-state index in [1.165, 1.54) is 92.3 Å². The van der Waals surface area contributed by atoms with Gasteiger partial charge in [0.2, 0.25) is 0 Å². The van der Waals surface area contributed by atoms with Crippen LogP contribution in [0.4, 0.5) is 0 Å². The van der Waals surface area contributed by atoms with Crippen LogP contribution in [0, 0.1) is 6.92 Å². The minimum absolute atomic E-state index is 0.331. The molecule has 0 radical (unpaired) electrons. The van der Waals surface area contributed by atoms with Gasteiger partial charge in [0.05, 0.1) is 0 Å². The molecule has 1 unspecified atom stereocenters. The third kappa shape index (κ3) is 7.55. The van der Waals surface area contributed by atoms with Gasteiger partial charge in [-0.15, -0.1) is 0 Å². The van der Waals surface area contributed by atoms with E-state index >= 15 is 0 Å². The SMILES string of the molecule is Cc1cc(-c2cccc3ccccc23)c(P(c2c(C(C)C)cc(Br)cc2C(C)C)c2c(C(C)C)cc(C(C)C)cc2C(C)C)c(-c2cccc3ccccc23)c1. The Morgan fingerprint density at radius 2 is 0.768 bits per heavy atom. The van der Waals surface area contributed by atoms with Crippen molar-refractivity contribution in [3.63, 3.8) is 0 Å². The van der Waals surface area contributed by atoms with E-state index in [2.05, 4.69) is 213 Å². The van der Waals surface area contributed by atoms with E-state index in [-0.39, 0.29) is 0 Å².